The van der Waals surface area contributed by atoms with Crippen LogP contribution in [0.4, 0.5) is 0 Å². The summed E-state index contributed by atoms with van der Waals surface area (Å²) in [5, 5.41) is 3.66. The lowest BCUT2D eigenvalue weighted by Crippen LogP contribution is -2.40. The van der Waals surface area contributed by atoms with Crippen LogP contribution in [0.3, 0.4) is 0 Å². The summed E-state index contributed by atoms with van der Waals surface area (Å²) in [6, 6.07) is 11.7. The first-order chi connectivity index (χ1) is 9.02. The van der Waals surface area contributed by atoms with Crippen molar-refractivity contribution < 1.29 is 0 Å². The lowest BCUT2D eigenvalue weighted by Gasteiger charge is -2.31. The Kier molecular flexibility index (Phi) is 4.67. The van der Waals surface area contributed by atoms with E-state index in [1.54, 1.807) is 5.56 Å². The molecule has 3 unspecified atom stereocenters. The van der Waals surface area contributed by atoms with E-state index in [2.05, 4.69) is 63.3 Å². The minimum absolute atomic E-state index is 0.368. The van der Waals surface area contributed by atoms with Gasteiger partial charge in [0.1, 0.15) is 0 Å². The summed E-state index contributed by atoms with van der Waals surface area (Å²) in [4.78, 5) is 0. The summed E-state index contributed by atoms with van der Waals surface area (Å²) < 4.78 is 0. The van der Waals surface area contributed by atoms with Gasteiger partial charge in [0.15, 0.2) is 0 Å². The van der Waals surface area contributed by atoms with Crippen molar-refractivity contribution in [3.8, 4) is 0 Å². The molecule has 0 spiro atoms. The molecule has 0 aliphatic heterocycles. The van der Waals surface area contributed by atoms with Gasteiger partial charge >= 0.3 is 0 Å². The minimum atomic E-state index is 0.368. The lowest BCUT2D eigenvalue weighted by molar-refractivity contribution is 0.251. The number of rotatable bonds is 6. The molecule has 1 saturated carbocycles. The number of nitrogens with one attached hydrogen (secondary N) is 1. The van der Waals surface area contributed by atoms with Crippen molar-refractivity contribution in [2.45, 2.75) is 58.9 Å². The molecule has 0 saturated heterocycles. The number of hydrogen-bond donors (Lipinski definition) is 1. The topological polar surface area (TPSA) is 12.0 Å². The van der Waals surface area contributed by atoms with Crippen LogP contribution in [0.1, 0.15) is 58.4 Å². The molecule has 0 aromatic heterocycles. The molecule has 0 radical (unpaired) electrons. The van der Waals surface area contributed by atoms with Gasteiger partial charge in [0, 0.05) is 6.04 Å². The van der Waals surface area contributed by atoms with E-state index in [0.29, 0.717) is 11.5 Å². The van der Waals surface area contributed by atoms with Gasteiger partial charge in [-0.1, -0.05) is 58.0 Å². The molecule has 1 aliphatic carbocycles. The minimum Gasteiger partial charge on any atom is -0.314 e. The Hall–Kier alpha value is -0.820. The van der Waals surface area contributed by atoms with E-state index >= 15 is 0 Å². The third-order valence-corrected chi connectivity index (χ3v) is 4.47. The van der Waals surface area contributed by atoms with Gasteiger partial charge in [0.2, 0.25) is 0 Å². The van der Waals surface area contributed by atoms with Gasteiger partial charge in [-0.2, -0.15) is 0 Å². The van der Waals surface area contributed by atoms with Crippen LogP contribution in [0.5, 0.6) is 0 Å². The van der Waals surface area contributed by atoms with Crippen molar-refractivity contribution in [2.24, 2.45) is 11.3 Å². The SMILES string of the molecule is CCNC(CCC1CC1c1ccccc1)C(C)(C)C. The molecule has 1 aliphatic rings. The monoisotopic (exact) mass is 259 g/mol. The predicted octanol–water partition coefficient (Wildman–Crippen LogP) is 4.59. The highest BCUT2D eigenvalue weighted by molar-refractivity contribution is 5.25. The molecule has 106 valence electrons. The van der Waals surface area contributed by atoms with E-state index in [9.17, 15) is 0 Å². The highest BCUT2D eigenvalue weighted by Crippen LogP contribution is 2.50. The number of benzene rings is 1. The van der Waals surface area contributed by atoms with Crippen molar-refractivity contribution in [3.05, 3.63) is 35.9 Å². The van der Waals surface area contributed by atoms with Crippen molar-refractivity contribution in [3.63, 3.8) is 0 Å². The van der Waals surface area contributed by atoms with Crippen LogP contribution in [0.2, 0.25) is 0 Å². The Balaban J connectivity index is 1.81. The van der Waals surface area contributed by atoms with Crippen LogP contribution < -0.4 is 5.32 Å². The van der Waals surface area contributed by atoms with Crippen LogP contribution in [0, 0.1) is 11.3 Å². The molecule has 1 aromatic rings. The van der Waals surface area contributed by atoms with E-state index in [0.717, 1.165) is 18.4 Å². The van der Waals surface area contributed by atoms with Gasteiger partial charge in [-0.3, -0.25) is 0 Å². The molecule has 3 atom stereocenters. The van der Waals surface area contributed by atoms with E-state index in [1.807, 2.05) is 0 Å². The molecule has 1 N–H and O–H groups in total. The third-order valence-electron chi connectivity index (χ3n) is 4.47. The van der Waals surface area contributed by atoms with Crippen molar-refractivity contribution >= 4 is 0 Å². The molecule has 0 bridgehead atoms. The predicted molar refractivity (Wildman–Crippen MR) is 83.4 cm³/mol. The Morgan fingerprint density at radius 2 is 1.89 bits per heavy atom. The quantitative estimate of drug-likeness (QED) is 0.787. The first-order valence-electron chi connectivity index (χ1n) is 7.80. The van der Waals surface area contributed by atoms with Crippen LogP contribution >= 0.6 is 0 Å². The molecular weight excluding hydrogens is 230 g/mol. The average molecular weight is 259 g/mol. The van der Waals surface area contributed by atoms with Crippen molar-refractivity contribution in [1.29, 1.82) is 0 Å². The first kappa shape index (κ1) is 14.6. The summed E-state index contributed by atoms with van der Waals surface area (Å²) in [6.45, 7) is 10.3. The largest absolute Gasteiger partial charge is 0.314 e. The van der Waals surface area contributed by atoms with Crippen molar-refractivity contribution in [1.82, 2.24) is 5.32 Å². The fourth-order valence-electron chi connectivity index (χ4n) is 3.14. The maximum absolute atomic E-state index is 3.66. The lowest BCUT2D eigenvalue weighted by atomic mass is 9.83. The van der Waals surface area contributed by atoms with Crippen LogP contribution in [0.25, 0.3) is 0 Å². The van der Waals surface area contributed by atoms with Crippen LogP contribution in [-0.4, -0.2) is 12.6 Å². The Morgan fingerprint density at radius 3 is 2.47 bits per heavy atom. The van der Waals surface area contributed by atoms with E-state index in [-0.39, 0.29) is 0 Å². The molecule has 1 aromatic carbocycles. The normalized spacial score (nSPS) is 24.2. The summed E-state index contributed by atoms with van der Waals surface area (Å²) in [7, 11) is 0. The fraction of sp³-hybridized carbons (Fsp3) is 0.667. The zero-order valence-electron chi connectivity index (χ0n) is 12.9. The smallest absolute Gasteiger partial charge is 0.0116 e. The summed E-state index contributed by atoms with van der Waals surface area (Å²) in [5.41, 5.74) is 1.91. The average Bonchev–Trinajstić information content (AvgIpc) is 3.14. The van der Waals surface area contributed by atoms with Gasteiger partial charge < -0.3 is 5.32 Å². The molecule has 19 heavy (non-hydrogen) atoms. The Labute approximate surface area is 118 Å². The van der Waals surface area contributed by atoms with Crippen LogP contribution in [-0.2, 0) is 0 Å². The van der Waals surface area contributed by atoms with Gasteiger partial charge in [-0.25, -0.2) is 0 Å². The zero-order valence-corrected chi connectivity index (χ0v) is 12.9. The molecular formula is C18H29N. The van der Waals surface area contributed by atoms with Crippen molar-refractivity contribution in [2.75, 3.05) is 6.54 Å². The Morgan fingerprint density at radius 1 is 1.21 bits per heavy atom. The van der Waals surface area contributed by atoms with Crippen LogP contribution in [0.15, 0.2) is 30.3 Å². The number of hydrogen-bond acceptors (Lipinski definition) is 1. The standard InChI is InChI=1S/C18H29N/c1-5-19-17(18(2,3)4)12-11-15-13-16(15)14-9-7-6-8-10-14/h6-10,15-17,19H,5,11-13H2,1-4H3. The highest BCUT2D eigenvalue weighted by atomic mass is 14.9. The molecule has 2 rings (SSSR count). The Bertz CT molecular complexity index is 376. The van der Waals surface area contributed by atoms with E-state index in [4.69, 9.17) is 0 Å². The van der Waals surface area contributed by atoms with Gasteiger partial charge in [-0.15, -0.1) is 0 Å². The second kappa shape index (κ2) is 6.09. The summed E-state index contributed by atoms with van der Waals surface area (Å²) >= 11 is 0. The van der Waals surface area contributed by atoms with E-state index < -0.39 is 0 Å². The molecule has 1 fully saturated rings. The maximum Gasteiger partial charge on any atom is 0.0116 e. The molecule has 1 heteroatoms. The summed E-state index contributed by atoms with van der Waals surface area (Å²) in [6.07, 6.45) is 4.08. The zero-order chi connectivity index (χ0) is 13.9. The highest BCUT2D eigenvalue weighted by Gasteiger charge is 2.38. The third kappa shape index (κ3) is 4.07. The second-order valence-electron chi connectivity index (χ2n) is 7.07. The van der Waals surface area contributed by atoms with E-state index in [1.165, 1.54) is 19.3 Å². The fourth-order valence-corrected chi connectivity index (χ4v) is 3.14. The maximum atomic E-state index is 3.66. The van der Waals surface area contributed by atoms with Gasteiger partial charge in [-0.05, 0) is 48.6 Å². The van der Waals surface area contributed by atoms with Gasteiger partial charge in [0.25, 0.3) is 0 Å². The molecule has 0 heterocycles. The first-order valence-corrected chi connectivity index (χ1v) is 7.80. The molecule has 1 nitrogen and oxygen atoms in total. The van der Waals surface area contributed by atoms with Gasteiger partial charge in [0.05, 0.1) is 0 Å². The second-order valence-corrected chi connectivity index (χ2v) is 7.07. The summed E-state index contributed by atoms with van der Waals surface area (Å²) in [5.74, 6) is 1.76. The molecule has 0 amide bonds.